The number of nitrogens with zero attached hydrogens (tertiary/aromatic N) is 6. The second-order valence-electron chi connectivity index (χ2n) is 7.21. The molecule has 0 radical (unpaired) electrons. The molecule has 9 heteroatoms. The molecule has 8 nitrogen and oxygen atoms in total. The Labute approximate surface area is 159 Å². The van der Waals surface area contributed by atoms with Crippen LogP contribution in [-0.2, 0) is 0 Å². The summed E-state index contributed by atoms with van der Waals surface area (Å²) in [5.41, 5.74) is 0.949. The first-order chi connectivity index (χ1) is 13.2. The predicted molar refractivity (Wildman–Crippen MR) is 101 cm³/mol. The zero-order chi connectivity index (χ0) is 18.4. The van der Waals surface area contributed by atoms with Crippen LogP contribution >= 0.6 is 11.3 Å². The van der Waals surface area contributed by atoms with Crippen molar-refractivity contribution in [1.29, 1.82) is 0 Å². The third kappa shape index (κ3) is 2.57. The van der Waals surface area contributed by atoms with Crippen LogP contribution in [0.5, 0.6) is 0 Å². The molecule has 0 aromatic carbocycles. The van der Waals surface area contributed by atoms with Gasteiger partial charge in [-0.05, 0) is 11.4 Å². The van der Waals surface area contributed by atoms with Gasteiger partial charge in [-0.15, -0.1) is 11.3 Å². The van der Waals surface area contributed by atoms with E-state index in [0.29, 0.717) is 25.3 Å². The van der Waals surface area contributed by atoms with Gasteiger partial charge in [0.25, 0.3) is 5.91 Å². The van der Waals surface area contributed by atoms with Crippen molar-refractivity contribution in [2.45, 2.75) is 0 Å². The van der Waals surface area contributed by atoms with Crippen LogP contribution in [0.25, 0.3) is 10.2 Å². The summed E-state index contributed by atoms with van der Waals surface area (Å²) in [5, 5.41) is 12.2. The monoisotopic (exact) mass is 382 g/mol. The van der Waals surface area contributed by atoms with Crippen LogP contribution < -0.4 is 4.90 Å². The van der Waals surface area contributed by atoms with Gasteiger partial charge in [-0.3, -0.25) is 9.78 Å². The number of thiophene rings is 1. The largest absolute Gasteiger partial charge is 0.396 e. The fourth-order valence-electron chi connectivity index (χ4n) is 4.29. The number of aromatic nitrogens is 4. The topological polar surface area (TPSA) is 95.3 Å². The van der Waals surface area contributed by atoms with Gasteiger partial charge >= 0.3 is 0 Å². The molecule has 2 aliphatic rings. The van der Waals surface area contributed by atoms with E-state index >= 15 is 0 Å². The van der Waals surface area contributed by atoms with Gasteiger partial charge in [-0.1, -0.05) is 0 Å². The van der Waals surface area contributed by atoms with E-state index in [2.05, 4.69) is 24.8 Å². The summed E-state index contributed by atoms with van der Waals surface area (Å²) in [5.74, 6) is 0.983. The van der Waals surface area contributed by atoms with E-state index in [4.69, 9.17) is 0 Å². The van der Waals surface area contributed by atoms with E-state index in [1.165, 1.54) is 12.4 Å². The van der Waals surface area contributed by atoms with Gasteiger partial charge in [-0.25, -0.2) is 15.0 Å². The summed E-state index contributed by atoms with van der Waals surface area (Å²) in [6.07, 6.45) is 6.15. The molecule has 0 spiro atoms. The minimum Gasteiger partial charge on any atom is -0.396 e. The van der Waals surface area contributed by atoms with Gasteiger partial charge in [0.05, 0.1) is 23.0 Å². The van der Waals surface area contributed by atoms with Crippen molar-refractivity contribution in [3.63, 3.8) is 0 Å². The molecule has 3 aromatic rings. The zero-order valence-corrected chi connectivity index (χ0v) is 15.3. The molecule has 138 valence electrons. The van der Waals surface area contributed by atoms with E-state index in [1.807, 2.05) is 11.4 Å². The molecule has 1 amide bonds. The Morgan fingerprint density at radius 2 is 2.19 bits per heavy atom. The summed E-state index contributed by atoms with van der Waals surface area (Å²) in [4.78, 5) is 33.7. The number of anilines is 1. The second kappa shape index (κ2) is 6.21. The number of amides is 1. The third-order valence-corrected chi connectivity index (χ3v) is 6.57. The molecule has 5 rings (SSSR count). The van der Waals surface area contributed by atoms with Crippen molar-refractivity contribution in [2.75, 3.05) is 37.7 Å². The number of hydrogen-bond acceptors (Lipinski definition) is 8. The molecule has 27 heavy (non-hydrogen) atoms. The van der Waals surface area contributed by atoms with Crippen LogP contribution in [0.4, 0.5) is 5.82 Å². The van der Waals surface area contributed by atoms with Crippen LogP contribution in [-0.4, -0.2) is 68.6 Å². The highest BCUT2D eigenvalue weighted by atomic mass is 32.1. The molecule has 2 unspecified atom stereocenters. The minimum atomic E-state index is -0.341. The van der Waals surface area contributed by atoms with E-state index in [9.17, 15) is 9.90 Å². The molecule has 0 saturated carbocycles. The smallest absolute Gasteiger partial charge is 0.274 e. The third-order valence-electron chi connectivity index (χ3n) is 5.67. The number of aliphatic hydroxyl groups excluding tert-OH is 1. The molecule has 0 aliphatic carbocycles. The average Bonchev–Trinajstić information content (AvgIpc) is 3.40. The highest BCUT2D eigenvalue weighted by Gasteiger charge is 2.53. The highest BCUT2D eigenvalue weighted by molar-refractivity contribution is 7.17. The Morgan fingerprint density at radius 3 is 2.96 bits per heavy atom. The number of carbonyl (C=O) groups is 1. The van der Waals surface area contributed by atoms with Gasteiger partial charge in [0.15, 0.2) is 0 Å². The number of likely N-dealkylation sites (tertiary alicyclic amines) is 1. The first-order valence-corrected chi connectivity index (χ1v) is 9.67. The summed E-state index contributed by atoms with van der Waals surface area (Å²) in [6, 6.07) is 1.99. The Morgan fingerprint density at radius 1 is 1.26 bits per heavy atom. The molecule has 2 aliphatic heterocycles. The van der Waals surface area contributed by atoms with Gasteiger partial charge < -0.3 is 14.9 Å². The molecular weight excluding hydrogens is 364 g/mol. The van der Waals surface area contributed by atoms with Crippen molar-refractivity contribution < 1.29 is 9.90 Å². The summed E-state index contributed by atoms with van der Waals surface area (Å²) >= 11 is 1.63. The maximum Gasteiger partial charge on any atom is 0.274 e. The minimum absolute atomic E-state index is 0.0388. The summed E-state index contributed by atoms with van der Waals surface area (Å²) in [7, 11) is 0. The van der Waals surface area contributed by atoms with Crippen LogP contribution in [0.3, 0.4) is 0 Å². The highest BCUT2D eigenvalue weighted by Crippen LogP contribution is 2.45. The van der Waals surface area contributed by atoms with E-state index in [-0.39, 0.29) is 23.8 Å². The van der Waals surface area contributed by atoms with E-state index in [1.54, 1.807) is 28.8 Å². The quantitative estimate of drug-likeness (QED) is 0.723. The van der Waals surface area contributed by atoms with Crippen molar-refractivity contribution in [3.05, 3.63) is 42.1 Å². The van der Waals surface area contributed by atoms with E-state index < -0.39 is 0 Å². The summed E-state index contributed by atoms with van der Waals surface area (Å²) in [6.45, 7) is 2.58. The van der Waals surface area contributed by atoms with Gasteiger partial charge in [0.1, 0.15) is 17.8 Å². The normalized spacial score (nSPS) is 24.6. The Hall–Kier alpha value is -2.65. The Balaban J connectivity index is 1.40. The van der Waals surface area contributed by atoms with Crippen LogP contribution in [0, 0.1) is 11.3 Å². The maximum atomic E-state index is 12.7. The van der Waals surface area contributed by atoms with Crippen molar-refractivity contribution in [1.82, 2.24) is 24.8 Å². The Bertz CT molecular complexity index is 996. The second-order valence-corrected chi connectivity index (χ2v) is 8.12. The SMILES string of the molecule is O=C(c1cnccn1)N1CC2CN(c3ncnc4ccsc34)CC2(CO)C1. The fourth-order valence-corrected chi connectivity index (χ4v) is 5.15. The maximum absolute atomic E-state index is 12.7. The fraction of sp³-hybridized carbons (Fsp3) is 0.389. The summed E-state index contributed by atoms with van der Waals surface area (Å²) < 4.78 is 1.07. The van der Waals surface area contributed by atoms with Crippen molar-refractivity contribution >= 4 is 33.3 Å². The number of fused-ring (bicyclic) bond motifs is 2. The molecule has 1 N–H and O–H groups in total. The van der Waals surface area contributed by atoms with Gasteiger partial charge in [-0.2, -0.15) is 0 Å². The lowest BCUT2D eigenvalue weighted by molar-refractivity contribution is 0.0742. The predicted octanol–water partition coefficient (Wildman–Crippen LogP) is 1.05. The van der Waals surface area contributed by atoms with Crippen molar-refractivity contribution in [2.24, 2.45) is 11.3 Å². The average molecular weight is 382 g/mol. The van der Waals surface area contributed by atoms with Crippen LogP contribution in [0.15, 0.2) is 36.4 Å². The van der Waals surface area contributed by atoms with Gasteiger partial charge in [0, 0.05) is 49.9 Å². The first-order valence-electron chi connectivity index (χ1n) is 8.79. The van der Waals surface area contributed by atoms with E-state index in [0.717, 1.165) is 22.6 Å². The number of hydrogen-bond donors (Lipinski definition) is 1. The lowest BCUT2D eigenvalue weighted by Crippen LogP contribution is -2.39. The molecule has 2 saturated heterocycles. The first kappa shape index (κ1) is 16.5. The molecule has 3 aromatic heterocycles. The van der Waals surface area contributed by atoms with Crippen LogP contribution in [0.1, 0.15) is 10.5 Å². The van der Waals surface area contributed by atoms with Crippen LogP contribution in [0.2, 0.25) is 0 Å². The molecule has 5 heterocycles. The standard InChI is InChI=1S/C18H18N6O2S/c25-10-18-8-23(16-15-13(1-4-27-15)21-11-22-16)6-12(18)7-24(9-18)17(26)14-5-19-2-3-20-14/h1-5,11-12,25H,6-10H2. The molecular formula is C18H18N6O2S. The lowest BCUT2D eigenvalue weighted by Gasteiger charge is -2.27. The lowest BCUT2D eigenvalue weighted by atomic mass is 9.82. The van der Waals surface area contributed by atoms with Crippen molar-refractivity contribution in [3.8, 4) is 0 Å². The molecule has 2 atom stereocenters. The molecule has 0 bridgehead atoms. The number of rotatable bonds is 3. The van der Waals surface area contributed by atoms with Gasteiger partial charge in [0.2, 0.25) is 0 Å². The molecule has 2 fully saturated rings. The Kier molecular flexibility index (Phi) is 3.80. The number of carbonyl (C=O) groups excluding carboxylic acids is 1. The number of aliphatic hydroxyl groups is 1. The zero-order valence-electron chi connectivity index (χ0n) is 14.5.